The smallest absolute Gasteiger partial charge is 0.264 e. The van der Waals surface area contributed by atoms with E-state index in [0.29, 0.717) is 29.8 Å². The van der Waals surface area contributed by atoms with Gasteiger partial charge in [0.2, 0.25) is 10.0 Å². The molecular formula is C38H52ClN5O5S. The van der Waals surface area contributed by atoms with Gasteiger partial charge in [0.05, 0.1) is 17.4 Å². The van der Waals surface area contributed by atoms with Crippen LogP contribution in [0.3, 0.4) is 0 Å². The van der Waals surface area contributed by atoms with Crippen LogP contribution in [0.4, 0.5) is 5.69 Å². The van der Waals surface area contributed by atoms with Crippen molar-refractivity contribution in [1.82, 2.24) is 14.5 Å². The van der Waals surface area contributed by atoms with E-state index in [1.807, 2.05) is 37.3 Å². The molecule has 1 N–H and O–H groups in total. The van der Waals surface area contributed by atoms with Crippen LogP contribution in [0.1, 0.15) is 86.7 Å². The number of aryl methyl sites for hydroxylation is 1. The van der Waals surface area contributed by atoms with E-state index in [1.54, 1.807) is 13.0 Å². The predicted molar refractivity (Wildman–Crippen MR) is 197 cm³/mol. The summed E-state index contributed by atoms with van der Waals surface area (Å²) in [7, 11) is -1.76. The number of oxime groups is 1. The molecule has 1 spiro atoms. The number of anilines is 1. The molecule has 4 aliphatic heterocycles. The fourth-order valence-corrected chi connectivity index (χ4v) is 10.1. The molecule has 5 atom stereocenters. The fraction of sp³-hybridized carbons (Fsp3) is 0.632. The molecule has 5 aliphatic rings. The Morgan fingerprint density at radius 1 is 0.940 bits per heavy atom. The highest BCUT2D eigenvalue weighted by Crippen LogP contribution is 2.51. The monoisotopic (exact) mass is 725 g/mol. The normalized spacial score (nSPS) is 30.8. The Morgan fingerprint density at radius 2 is 1.76 bits per heavy atom. The van der Waals surface area contributed by atoms with Crippen molar-refractivity contribution in [3.05, 3.63) is 58.1 Å². The van der Waals surface area contributed by atoms with Gasteiger partial charge in [-0.05, 0) is 119 Å². The zero-order valence-electron chi connectivity index (χ0n) is 29.7. The van der Waals surface area contributed by atoms with Gasteiger partial charge >= 0.3 is 0 Å². The van der Waals surface area contributed by atoms with Gasteiger partial charge in [-0.2, -0.15) is 0 Å². The first kappa shape index (κ1) is 35.4. The van der Waals surface area contributed by atoms with Crippen LogP contribution in [0.25, 0.3) is 0 Å². The Bertz CT molecular complexity index is 1710. The molecule has 2 aromatic carbocycles. The topological polar surface area (TPSA) is 104 Å². The van der Waals surface area contributed by atoms with Crippen LogP contribution in [0, 0.1) is 17.8 Å². The molecule has 12 heteroatoms. The molecule has 0 radical (unpaired) electrons. The second-order valence-electron chi connectivity index (χ2n) is 15.4. The van der Waals surface area contributed by atoms with Crippen molar-refractivity contribution in [3.63, 3.8) is 0 Å². The van der Waals surface area contributed by atoms with Crippen molar-refractivity contribution in [2.45, 2.75) is 89.1 Å². The Kier molecular flexibility index (Phi) is 10.3. The summed E-state index contributed by atoms with van der Waals surface area (Å²) < 4.78 is 36.0. The number of hydrogen-bond acceptors (Lipinski definition) is 9. The van der Waals surface area contributed by atoms with Crippen LogP contribution in [-0.4, -0.2) is 87.1 Å². The van der Waals surface area contributed by atoms with E-state index in [9.17, 15) is 13.2 Å². The van der Waals surface area contributed by atoms with Crippen LogP contribution in [-0.2, 0) is 27.9 Å². The van der Waals surface area contributed by atoms with Gasteiger partial charge in [-0.1, -0.05) is 29.7 Å². The number of fused-ring (bicyclic) bond motifs is 4. The van der Waals surface area contributed by atoms with Gasteiger partial charge in [-0.3, -0.25) is 4.79 Å². The average Bonchev–Trinajstić information content (AvgIpc) is 3.49. The number of rotatable bonds is 0. The molecule has 1 amide bonds. The molecule has 7 rings (SSSR count). The van der Waals surface area contributed by atoms with E-state index in [4.69, 9.17) is 26.3 Å². The Hall–Kier alpha value is -3.02. The van der Waals surface area contributed by atoms with Crippen molar-refractivity contribution < 1.29 is 22.8 Å². The van der Waals surface area contributed by atoms with E-state index in [2.05, 4.69) is 26.5 Å². The molecule has 4 heterocycles. The van der Waals surface area contributed by atoms with E-state index in [-0.39, 0.29) is 5.92 Å². The molecule has 2 bridgehead atoms. The number of halogens is 1. The van der Waals surface area contributed by atoms with Gasteiger partial charge in [-0.25, -0.2) is 13.1 Å². The molecule has 10 nitrogen and oxygen atoms in total. The third kappa shape index (κ3) is 7.33. The summed E-state index contributed by atoms with van der Waals surface area (Å²) in [6.45, 7) is 9.54. The number of carbonyl (C=O) groups is 1. The van der Waals surface area contributed by atoms with Crippen LogP contribution >= 0.6 is 11.6 Å². The fourth-order valence-electron chi connectivity index (χ4n) is 8.62. The van der Waals surface area contributed by atoms with E-state index < -0.39 is 26.8 Å². The molecule has 1 saturated heterocycles. The minimum Gasteiger partial charge on any atom is -0.487 e. The third-order valence-corrected chi connectivity index (χ3v) is 14.4. The highest BCUT2D eigenvalue weighted by Gasteiger charge is 2.53. The number of nitrogens with zero attached hydrogens (tertiary/aromatic N) is 4. The average molecular weight is 726 g/mol. The SMILES string of the molecule is C[C@@H]1[C@@H](C)CCC[C@]2(CC(N3CCN(C)CC3)=NO2)[C@@H]2CC[C@H]2CN2CCCCc3cc(Cl)ccc3COc3ccc(cc32)C(=O)NS1(=O)=O. The number of ether oxygens (including phenoxy) is 1. The highest BCUT2D eigenvalue weighted by atomic mass is 35.5. The maximum atomic E-state index is 13.6. The number of nitrogens with one attached hydrogen (secondary N) is 1. The van der Waals surface area contributed by atoms with Crippen LogP contribution in [0.5, 0.6) is 5.75 Å². The molecular weight excluding hydrogens is 674 g/mol. The second kappa shape index (κ2) is 14.5. The van der Waals surface area contributed by atoms with Gasteiger partial charge in [0.1, 0.15) is 23.8 Å². The first-order valence-electron chi connectivity index (χ1n) is 18.5. The lowest BCUT2D eigenvalue weighted by Gasteiger charge is -2.49. The number of amidine groups is 1. The predicted octanol–water partition coefficient (Wildman–Crippen LogP) is 6.08. The van der Waals surface area contributed by atoms with Gasteiger partial charge in [0, 0.05) is 55.8 Å². The largest absolute Gasteiger partial charge is 0.487 e. The van der Waals surface area contributed by atoms with Gasteiger partial charge in [-0.15, -0.1) is 0 Å². The number of carbonyl (C=O) groups excluding carboxylic acids is 1. The van der Waals surface area contributed by atoms with E-state index in [1.165, 1.54) is 5.56 Å². The maximum absolute atomic E-state index is 13.6. The number of likely N-dealkylation sites (N-methyl/N-ethyl adjacent to an activating group) is 1. The molecule has 1 saturated carbocycles. The first-order chi connectivity index (χ1) is 24.0. The summed E-state index contributed by atoms with van der Waals surface area (Å²) in [5.41, 5.74) is 3.00. The standard InChI is InChI=1S/C38H52ClN5O5S/c1-26-7-6-15-38(23-36(40-49-38)43-19-17-42(3)18-20-43)33-13-10-30(33)24-44-16-5-4-8-28-21-32(39)12-9-31(28)25-48-35-14-11-29(22-34(35)44)37(45)41-50(46,47)27(26)2/h9,11-12,14,21-22,26-27,30,33H,4-8,10,13,15-20,23-25H2,1-3H3,(H,41,45)/t26-,27+,30-,33+,38-/m0/s1. The summed E-state index contributed by atoms with van der Waals surface area (Å²) in [6.07, 6.45) is 8.17. The Labute approximate surface area is 302 Å². The quantitative estimate of drug-likeness (QED) is 0.349. The lowest BCUT2D eigenvalue weighted by molar-refractivity contribution is -0.118. The Morgan fingerprint density at radius 3 is 2.54 bits per heavy atom. The van der Waals surface area contributed by atoms with Crippen LogP contribution in [0.15, 0.2) is 41.6 Å². The van der Waals surface area contributed by atoms with Crippen molar-refractivity contribution >= 4 is 39.1 Å². The Balaban J connectivity index is 1.23. The summed E-state index contributed by atoms with van der Waals surface area (Å²) in [5, 5.41) is 4.77. The molecule has 2 fully saturated rings. The third-order valence-electron chi connectivity index (χ3n) is 12.2. The summed E-state index contributed by atoms with van der Waals surface area (Å²) >= 11 is 6.39. The lowest BCUT2D eigenvalue weighted by Crippen LogP contribution is -2.53. The number of piperazine rings is 1. The molecule has 272 valence electrons. The second-order valence-corrected chi connectivity index (χ2v) is 17.9. The minimum absolute atomic E-state index is 0.143. The van der Waals surface area contributed by atoms with Crippen molar-refractivity contribution in [3.8, 4) is 5.75 Å². The van der Waals surface area contributed by atoms with Crippen molar-refractivity contribution in [2.24, 2.45) is 22.9 Å². The number of benzene rings is 2. The van der Waals surface area contributed by atoms with Crippen LogP contribution < -0.4 is 14.4 Å². The van der Waals surface area contributed by atoms with Gasteiger partial charge in [0.15, 0.2) is 0 Å². The number of hydrogen-bond donors (Lipinski definition) is 1. The van der Waals surface area contributed by atoms with E-state index >= 15 is 0 Å². The summed E-state index contributed by atoms with van der Waals surface area (Å²) in [6, 6.07) is 11.3. The molecule has 2 aromatic rings. The lowest BCUT2D eigenvalue weighted by atomic mass is 9.62. The number of amides is 1. The van der Waals surface area contributed by atoms with E-state index in [0.717, 1.165) is 119 Å². The zero-order valence-corrected chi connectivity index (χ0v) is 31.3. The molecule has 0 aromatic heterocycles. The van der Waals surface area contributed by atoms with Gasteiger partial charge in [0.25, 0.3) is 5.91 Å². The zero-order chi connectivity index (χ0) is 35.0. The molecule has 50 heavy (non-hydrogen) atoms. The van der Waals surface area contributed by atoms with Gasteiger partial charge < -0.3 is 24.3 Å². The first-order valence-corrected chi connectivity index (χ1v) is 20.5. The minimum atomic E-state index is -3.92. The van der Waals surface area contributed by atoms with Crippen LogP contribution in [0.2, 0.25) is 5.02 Å². The molecule has 1 aliphatic carbocycles. The summed E-state index contributed by atoms with van der Waals surface area (Å²) in [5.74, 6) is 1.69. The molecule has 0 unspecified atom stereocenters. The van der Waals surface area contributed by atoms with Crippen molar-refractivity contribution in [2.75, 3.05) is 51.2 Å². The highest BCUT2D eigenvalue weighted by molar-refractivity contribution is 7.90. The van der Waals surface area contributed by atoms with Crippen molar-refractivity contribution in [1.29, 1.82) is 0 Å². The number of sulfonamides is 1. The summed E-state index contributed by atoms with van der Waals surface area (Å²) in [4.78, 5) is 27.3. The maximum Gasteiger partial charge on any atom is 0.264 e.